The minimum absolute atomic E-state index is 0.0405. The highest BCUT2D eigenvalue weighted by Crippen LogP contribution is 2.34. The van der Waals surface area contributed by atoms with Gasteiger partial charge < -0.3 is 25.8 Å². The molecule has 0 radical (unpaired) electrons. The predicted molar refractivity (Wildman–Crippen MR) is 134 cm³/mol. The minimum atomic E-state index is -1.81. The van der Waals surface area contributed by atoms with Gasteiger partial charge in [-0.25, -0.2) is 4.79 Å². The Morgan fingerprint density at radius 1 is 1.11 bits per heavy atom. The van der Waals surface area contributed by atoms with Crippen molar-refractivity contribution in [2.45, 2.75) is 44.6 Å². The van der Waals surface area contributed by atoms with Gasteiger partial charge in [-0.2, -0.15) is 0 Å². The predicted octanol–water partition coefficient (Wildman–Crippen LogP) is 2.86. The summed E-state index contributed by atoms with van der Waals surface area (Å²) in [7, 11) is 0. The lowest BCUT2D eigenvalue weighted by atomic mass is 9.92. The van der Waals surface area contributed by atoms with E-state index in [1.807, 2.05) is 42.5 Å². The van der Waals surface area contributed by atoms with Crippen LogP contribution in [0.3, 0.4) is 0 Å². The molecule has 3 rings (SSSR count). The van der Waals surface area contributed by atoms with E-state index in [1.165, 1.54) is 4.90 Å². The Kier molecular flexibility index (Phi) is 9.25. The molecule has 8 heteroatoms. The van der Waals surface area contributed by atoms with Gasteiger partial charge in [0.15, 0.2) is 0 Å². The Labute approximate surface area is 206 Å². The molecule has 0 spiro atoms. The number of nitrogens with zero attached hydrogens (tertiary/aromatic N) is 1. The summed E-state index contributed by atoms with van der Waals surface area (Å²) < 4.78 is 5.32. The van der Waals surface area contributed by atoms with E-state index in [4.69, 9.17) is 10.5 Å². The molecule has 0 bridgehead atoms. The summed E-state index contributed by atoms with van der Waals surface area (Å²) >= 11 is 0. The molecule has 2 aromatic carbocycles. The number of carboxylic acids is 1. The van der Waals surface area contributed by atoms with Gasteiger partial charge in [-0.15, -0.1) is 0 Å². The van der Waals surface area contributed by atoms with Crippen LogP contribution in [0.2, 0.25) is 0 Å². The molecule has 1 aliphatic heterocycles. The normalized spacial score (nSPS) is 17.2. The number of unbranched alkanes of at least 4 members (excludes halogenated alkanes) is 1. The number of carbonyl (C=O) groups is 3. The largest absolute Gasteiger partial charge is 0.479 e. The number of rotatable bonds is 13. The maximum Gasteiger partial charge on any atom is 0.339 e. The van der Waals surface area contributed by atoms with Crippen molar-refractivity contribution >= 4 is 23.5 Å². The molecule has 0 saturated carbocycles. The molecule has 0 saturated heterocycles. The van der Waals surface area contributed by atoms with E-state index in [9.17, 15) is 19.5 Å². The minimum Gasteiger partial charge on any atom is -0.479 e. The number of benzene rings is 2. The number of amides is 1. The summed E-state index contributed by atoms with van der Waals surface area (Å²) in [5, 5.41) is 13.2. The second-order valence-corrected chi connectivity index (χ2v) is 8.89. The van der Waals surface area contributed by atoms with Crippen molar-refractivity contribution in [1.29, 1.82) is 0 Å². The van der Waals surface area contributed by atoms with Gasteiger partial charge in [-0.1, -0.05) is 48.5 Å². The number of hydrogen-bond donors (Lipinski definition) is 3. The molecule has 1 amide bonds. The average molecular weight is 482 g/mol. The van der Waals surface area contributed by atoms with Crippen molar-refractivity contribution in [2.24, 2.45) is 11.7 Å². The van der Waals surface area contributed by atoms with Crippen LogP contribution in [0.15, 0.2) is 54.6 Å². The first kappa shape index (κ1) is 26.2. The van der Waals surface area contributed by atoms with Gasteiger partial charge >= 0.3 is 11.9 Å². The summed E-state index contributed by atoms with van der Waals surface area (Å²) in [6, 6.07) is 17.0. The second kappa shape index (κ2) is 12.4. The van der Waals surface area contributed by atoms with E-state index >= 15 is 0 Å². The van der Waals surface area contributed by atoms with Crippen LogP contribution in [0, 0.1) is 5.92 Å². The molecule has 1 unspecified atom stereocenters. The fourth-order valence-corrected chi connectivity index (χ4v) is 4.49. The summed E-state index contributed by atoms with van der Waals surface area (Å²) in [6.45, 7) is 2.84. The summed E-state index contributed by atoms with van der Waals surface area (Å²) in [6.07, 6.45) is 2.46. The first-order valence-electron chi connectivity index (χ1n) is 12.2. The van der Waals surface area contributed by atoms with Crippen LogP contribution in [0.1, 0.15) is 37.3 Å². The molecule has 35 heavy (non-hydrogen) atoms. The average Bonchev–Trinajstić information content (AvgIpc) is 3.27. The summed E-state index contributed by atoms with van der Waals surface area (Å²) in [5.41, 5.74) is 6.34. The van der Waals surface area contributed by atoms with Crippen molar-refractivity contribution in [2.75, 3.05) is 31.6 Å². The Morgan fingerprint density at radius 3 is 2.49 bits per heavy atom. The highest BCUT2D eigenvalue weighted by Gasteiger charge is 2.52. The molecular weight excluding hydrogens is 446 g/mol. The molecule has 2 aromatic rings. The van der Waals surface area contributed by atoms with Crippen LogP contribution in [0.5, 0.6) is 0 Å². The number of esters is 1. The summed E-state index contributed by atoms with van der Waals surface area (Å²) in [4.78, 5) is 40.7. The van der Waals surface area contributed by atoms with Crippen molar-refractivity contribution in [1.82, 2.24) is 4.90 Å². The third-order valence-electron chi connectivity index (χ3n) is 6.41. The SMILES string of the molecule is CCOC(=O)[C@H](CCc1ccccc1)CN(CCCCN)C(=O)C1(C(=O)O)Cc2ccccc2N1. The van der Waals surface area contributed by atoms with Crippen LogP contribution < -0.4 is 11.1 Å². The Bertz CT molecular complexity index is 986. The van der Waals surface area contributed by atoms with Gasteiger partial charge in [0.25, 0.3) is 5.91 Å². The molecule has 1 heterocycles. The zero-order valence-electron chi connectivity index (χ0n) is 20.2. The number of nitrogens with two attached hydrogens (primary N) is 1. The third-order valence-corrected chi connectivity index (χ3v) is 6.41. The highest BCUT2D eigenvalue weighted by atomic mass is 16.5. The standard InChI is InChI=1S/C27H35N3O5/c1-2-35-24(31)22(15-14-20-10-4-3-5-11-20)19-30(17-9-8-16-28)25(32)27(26(33)34)18-21-12-6-7-13-23(21)29-27/h3-7,10-13,22,29H,2,8-9,14-19,28H2,1H3,(H,33,34)/t22-,27?/m1/s1. The Hall–Kier alpha value is -3.39. The quantitative estimate of drug-likeness (QED) is 0.228. The number of hydrogen-bond acceptors (Lipinski definition) is 6. The maximum absolute atomic E-state index is 13.9. The smallest absolute Gasteiger partial charge is 0.339 e. The van der Waals surface area contributed by atoms with Gasteiger partial charge in [-0.3, -0.25) is 9.59 Å². The van der Waals surface area contributed by atoms with Gasteiger partial charge in [0.2, 0.25) is 5.54 Å². The summed E-state index contributed by atoms with van der Waals surface area (Å²) in [5.74, 6) is -2.74. The van der Waals surface area contributed by atoms with Crippen LogP contribution in [-0.2, 0) is 32.0 Å². The molecule has 4 N–H and O–H groups in total. The fraction of sp³-hybridized carbons (Fsp3) is 0.444. The first-order chi connectivity index (χ1) is 16.9. The van der Waals surface area contributed by atoms with Gasteiger partial charge in [0.05, 0.1) is 12.5 Å². The topological polar surface area (TPSA) is 122 Å². The fourth-order valence-electron chi connectivity index (χ4n) is 4.49. The molecule has 2 atom stereocenters. The second-order valence-electron chi connectivity index (χ2n) is 8.89. The third kappa shape index (κ3) is 6.39. The van der Waals surface area contributed by atoms with E-state index in [1.54, 1.807) is 19.1 Å². The molecule has 0 fully saturated rings. The zero-order chi connectivity index (χ0) is 25.3. The number of nitrogens with one attached hydrogen (secondary N) is 1. The number of para-hydroxylation sites is 1. The van der Waals surface area contributed by atoms with Gasteiger partial charge in [0, 0.05) is 25.2 Å². The van der Waals surface area contributed by atoms with E-state index in [0.717, 1.165) is 11.1 Å². The molecule has 0 aromatic heterocycles. The Morgan fingerprint density at radius 2 is 1.83 bits per heavy atom. The van der Waals surface area contributed by atoms with E-state index < -0.39 is 23.3 Å². The molecule has 8 nitrogen and oxygen atoms in total. The number of ether oxygens (including phenoxy) is 1. The highest BCUT2D eigenvalue weighted by molar-refractivity contribution is 6.11. The number of fused-ring (bicyclic) bond motifs is 1. The van der Waals surface area contributed by atoms with Crippen molar-refractivity contribution in [3.05, 3.63) is 65.7 Å². The van der Waals surface area contributed by atoms with Gasteiger partial charge in [0.1, 0.15) is 0 Å². The Balaban J connectivity index is 1.85. The van der Waals surface area contributed by atoms with Crippen LogP contribution in [0.4, 0.5) is 5.69 Å². The van der Waals surface area contributed by atoms with E-state index in [-0.39, 0.29) is 25.5 Å². The lowest BCUT2D eigenvalue weighted by Crippen LogP contribution is -2.59. The van der Waals surface area contributed by atoms with Crippen LogP contribution in [0.25, 0.3) is 0 Å². The number of carbonyl (C=O) groups excluding carboxylic acids is 2. The lowest BCUT2D eigenvalue weighted by Gasteiger charge is -2.34. The van der Waals surface area contributed by atoms with E-state index in [0.29, 0.717) is 44.5 Å². The monoisotopic (exact) mass is 481 g/mol. The van der Waals surface area contributed by atoms with Crippen molar-refractivity contribution in [3.8, 4) is 0 Å². The first-order valence-corrected chi connectivity index (χ1v) is 12.2. The molecular formula is C27H35N3O5. The van der Waals surface area contributed by atoms with Crippen LogP contribution in [-0.4, -0.2) is 59.6 Å². The maximum atomic E-state index is 13.9. The van der Waals surface area contributed by atoms with Crippen LogP contribution >= 0.6 is 0 Å². The van der Waals surface area contributed by atoms with E-state index in [2.05, 4.69) is 5.32 Å². The molecule has 188 valence electrons. The number of carboxylic acid groups (broad SMARTS) is 1. The number of aliphatic carboxylic acids is 1. The number of anilines is 1. The number of aryl methyl sites for hydroxylation is 1. The van der Waals surface area contributed by atoms with Crippen molar-refractivity contribution < 1.29 is 24.2 Å². The molecule has 0 aliphatic carbocycles. The molecule has 1 aliphatic rings. The zero-order valence-corrected chi connectivity index (χ0v) is 20.2. The lowest BCUT2D eigenvalue weighted by molar-refractivity contribution is -0.153. The van der Waals surface area contributed by atoms with Gasteiger partial charge in [-0.05, 0) is 56.3 Å². The van der Waals surface area contributed by atoms with Crippen molar-refractivity contribution in [3.63, 3.8) is 0 Å².